The fourth-order valence-corrected chi connectivity index (χ4v) is 3.97. The third-order valence-corrected chi connectivity index (χ3v) is 5.23. The van der Waals surface area contributed by atoms with Gasteiger partial charge in [-0.25, -0.2) is 0 Å². The Bertz CT molecular complexity index is 527. The zero-order valence-electron chi connectivity index (χ0n) is 8.79. The van der Waals surface area contributed by atoms with E-state index < -0.39 is 0 Å². The molecule has 0 saturated heterocycles. The highest BCUT2D eigenvalue weighted by atomic mass is 79.9. The summed E-state index contributed by atoms with van der Waals surface area (Å²) in [5, 5.41) is 2.76. The first-order valence-corrected chi connectivity index (χ1v) is 7.84. The number of benzene rings is 1. The molecule has 0 saturated carbocycles. The molecule has 0 aliphatic carbocycles. The average Bonchev–Trinajstić information content (AvgIpc) is 2.64. The smallest absolute Gasteiger partial charge is 0.0465 e. The van der Waals surface area contributed by atoms with Crippen molar-refractivity contribution >= 4 is 54.8 Å². The summed E-state index contributed by atoms with van der Waals surface area (Å²) < 4.78 is 2.09. The van der Waals surface area contributed by atoms with Crippen LogP contribution >= 0.6 is 54.8 Å². The standard InChI is InChI=1S/C12H10Br2ClNS/c13-7-1-2-8(10(15)5-7)11(16)6-12-9(14)3-4-17-12/h1-5,11H,6,16H2. The lowest BCUT2D eigenvalue weighted by atomic mass is 10.0. The largest absolute Gasteiger partial charge is 0.324 e. The van der Waals surface area contributed by atoms with Gasteiger partial charge >= 0.3 is 0 Å². The Hall–Kier alpha value is 0.130. The minimum Gasteiger partial charge on any atom is -0.324 e. The van der Waals surface area contributed by atoms with E-state index in [1.807, 2.05) is 24.3 Å². The highest BCUT2D eigenvalue weighted by Gasteiger charge is 2.13. The number of rotatable bonds is 3. The highest BCUT2D eigenvalue weighted by Crippen LogP contribution is 2.31. The fourth-order valence-electron chi connectivity index (χ4n) is 1.58. The molecule has 90 valence electrons. The van der Waals surface area contributed by atoms with Gasteiger partial charge in [0.25, 0.3) is 0 Å². The zero-order chi connectivity index (χ0) is 12.4. The number of hydrogen-bond donors (Lipinski definition) is 1. The zero-order valence-corrected chi connectivity index (χ0v) is 13.5. The Balaban J connectivity index is 2.20. The highest BCUT2D eigenvalue weighted by molar-refractivity contribution is 9.10. The van der Waals surface area contributed by atoms with E-state index >= 15 is 0 Å². The van der Waals surface area contributed by atoms with Crippen molar-refractivity contribution in [3.63, 3.8) is 0 Å². The van der Waals surface area contributed by atoms with Gasteiger partial charge in [0.1, 0.15) is 0 Å². The second-order valence-corrected chi connectivity index (χ2v) is 6.85. The molecule has 2 aromatic rings. The summed E-state index contributed by atoms with van der Waals surface area (Å²) in [6, 6.07) is 7.77. The van der Waals surface area contributed by atoms with E-state index in [1.54, 1.807) is 11.3 Å². The molecule has 5 heteroatoms. The SMILES string of the molecule is NC(Cc1sccc1Br)c1ccc(Br)cc1Cl. The summed E-state index contributed by atoms with van der Waals surface area (Å²) in [6.07, 6.45) is 0.791. The van der Waals surface area contributed by atoms with Crippen molar-refractivity contribution < 1.29 is 0 Å². The molecule has 0 amide bonds. The van der Waals surface area contributed by atoms with Gasteiger partial charge in [-0.2, -0.15) is 0 Å². The lowest BCUT2D eigenvalue weighted by Gasteiger charge is -2.13. The van der Waals surface area contributed by atoms with E-state index in [1.165, 1.54) is 4.88 Å². The van der Waals surface area contributed by atoms with E-state index in [0.717, 1.165) is 20.9 Å². The van der Waals surface area contributed by atoms with E-state index in [4.69, 9.17) is 17.3 Å². The maximum atomic E-state index is 6.19. The summed E-state index contributed by atoms with van der Waals surface area (Å²) in [5.41, 5.74) is 7.17. The minimum atomic E-state index is -0.0782. The van der Waals surface area contributed by atoms with Crippen molar-refractivity contribution in [2.75, 3.05) is 0 Å². The number of halogens is 3. The molecular formula is C12H10Br2ClNS. The van der Waals surface area contributed by atoms with Gasteiger partial charge in [-0.1, -0.05) is 33.6 Å². The first-order valence-electron chi connectivity index (χ1n) is 5.00. The summed E-state index contributed by atoms with van der Waals surface area (Å²) >= 11 is 14.8. The number of thiophene rings is 1. The Morgan fingerprint density at radius 1 is 1.29 bits per heavy atom. The average molecular weight is 396 g/mol. The Labute approximate surface area is 126 Å². The van der Waals surface area contributed by atoms with Crippen molar-refractivity contribution in [1.29, 1.82) is 0 Å². The van der Waals surface area contributed by atoms with Crippen molar-refractivity contribution in [1.82, 2.24) is 0 Å². The van der Waals surface area contributed by atoms with Crippen molar-refractivity contribution in [3.05, 3.63) is 54.1 Å². The van der Waals surface area contributed by atoms with E-state index in [9.17, 15) is 0 Å². The molecule has 1 aromatic carbocycles. The van der Waals surface area contributed by atoms with Gasteiger partial charge < -0.3 is 5.73 Å². The van der Waals surface area contributed by atoms with E-state index in [-0.39, 0.29) is 6.04 Å². The monoisotopic (exact) mass is 393 g/mol. The molecule has 1 atom stereocenters. The van der Waals surface area contributed by atoms with Gasteiger partial charge in [0.2, 0.25) is 0 Å². The van der Waals surface area contributed by atoms with Crippen LogP contribution < -0.4 is 5.73 Å². The molecule has 17 heavy (non-hydrogen) atoms. The van der Waals surface area contributed by atoms with Gasteiger partial charge in [0.15, 0.2) is 0 Å². The molecule has 0 bridgehead atoms. The second-order valence-electron chi connectivity index (χ2n) is 3.67. The normalized spacial score (nSPS) is 12.7. The molecule has 1 heterocycles. The maximum Gasteiger partial charge on any atom is 0.0465 e. The van der Waals surface area contributed by atoms with Crippen LogP contribution in [0.3, 0.4) is 0 Å². The minimum absolute atomic E-state index is 0.0782. The van der Waals surface area contributed by atoms with Crippen molar-refractivity contribution in [2.24, 2.45) is 5.73 Å². The maximum absolute atomic E-state index is 6.19. The molecule has 0 aliphatic heterocycles. The van der Waals surface area contributed by atoms with Crippen LogP contribution in [-0.4, -0.2) is 0 Å². The Morgan fingerprint density at radius 2 is 2.06 bits per heavy atom. The quantitative estimate of drug-likeness (QED) is 0.762. The molecule has 0 radical (unpaired) electrons. The topological polar surface area (TPSA) is 26.0 Å². The van der Waals surface area contributed by atoms with Crippen LogP contribution in [0.25, 0.3) is 0 Å². The second kappa shape index (κ2) is 5.85. The predicted octanol–water partition coefficient (Wildman–Crippen LogP) is 5.17. The lowest BCUT2D eigenvalue weighted by Crippen LogP contribution is -2.13. The number of hydrogen-bond acceptors (Lipinski definition) is 2. The first-order chi connectivity index (χ1) is 8.08. The lowest BCUT2D eigenvalue weighted by molar-refractivity contribution is 0.728. The molecule has 2 N–H and O–H groups in total. The molecule has 0 aliphatic rings. The van der Waals surface area contributed by atoms with Gasteiger partial charge in [0, 0.05) is 31.3 Å². The van der Waals surface area contributed by atoms with Crippen LogP contribution in [0.5, 0.6) is 0 Å². The van der Waals surface area contributed by atoms with Crippen LogP contribution in [0.2, 0.25) is 5.02 Å². The van der Waals surface area contributed by atoms with Crippen molar-refractivity contribution in [2.45, 2.75) is 12.5 Å². The predicted molar refractivity (Wildman–Crippen MR) is 81.8 cm³/mol. The molecule has 1 aromatic heterocycles. The Morgan fingerprint density at radius 3 is 2.65 bits per heavy atom. The summed E-state index contributed by atoms with van der Waals surface area (Å²) in [5.74, 6) is 0. The summed E-state index contributed by atoms with van der Waals surface area (Å²) in [6.45, 7) is 0. The molecule has 2 rings (SSSR count). The van der Waals surface area contributed by atoms with Gasteiger partial charge in [-0.05, 0) is 45.1 Å². The van der Waals surface area contributed by atoms with Crippen LogP contribution in [0.1, 0.15) is 16.5 Å². The van der Waals surface area contributed by atoms with Gasteiger partial charge in [-0.3, -0.25) is 0 Å². The van der Waals surface area contributed by atoms with Crippen LogP contribution in [0.15, 0.2) is 38.6 Å². The van der Waals surface area contributed by atoms with Crippen molar-refractivity contribution in [3.8, 4) is 0 Å². The molecule has 1 unspecified atom stereocenters. The molecular weight excluding hydrogens is 385 g/mol. The number of nitrogens with two attached hydrogens (primary N) is 1. The van der Waals surface area contributed by atoms with Crippen LogP contribution in [-0.2, 0) is 6.42 Å². The third kappa shape index (κ3) is 3.32. The van der Waals surface area contributed by atoms with E-state index in [2.05, 4.69) is 37.2 Å². The van der Waals surface area contributed by atoms with Gasteiger partial charge in [-0.15, -0.1) is 11.3 Å². The summed E-state index contributed by atoms with van der Waals surface area (Å²) in [4.78, 5) is 1.25. The van der Waals surface area contributed by atoms with Gasteiger partial charge in [0.05, 0.1) is 0 Å². The third-order valence-electron chi connectivity index (χ3n) is 2.46. The molecule has 1 nitrogen and oxygen atoms in total. The Kier molecular flexibility index (Phi) is 4.66. The van der Waals surface area contributed by atoms with E-state index in [0.29, 0.717) is 5.02 Å². The van der Waals surface area contributed by atoms with Crippen LogP contribution in [0, 0.1) is 0 Å². The van der Waals surface area contributed by atoms with Crippen LogP contribution in [0.4, 0.5) is 0 Å². The summed E-state index contributed by atoms with van der Waals surface area (Å²) in [7, 11) is 0. The molecule has 0 fully saturated rings. The fraction of sp³-hybridized carbons (Fsp3) is 0.167. The molecule has 0 spiro atoms. The first kappa shape index (κ1) is 13.6.